The van der Waals surface area contributed by atoms with Gasteiger partial charge in [0.2, 0.25) is 0 Å². The molecule has 0 radical (unpaired) electrons. The van der Waals surface area contributed by atoms with E-state index in [2.05, 4.69) is 17.5 Å². The zero-order chi connectivity index (χ0) is 9.10. The molecule has 1 heterocycles. The van der Waals surface area contributed by atoms with E-state index in [0.717, 1.165) is 5.92 Å². The van der Waals surface area contributed by atoms with Crippen LogP contribution in [0.5, 0.6) is 0 Å². The Morgan fingerprint density at radius 1 is 1.31 bits per heavy atom. The highest BCUT2D eigenvalue weighted by atomic mass is 32.1. The molecule has 0 spiro atoms. The summed E-state index contributed by atoms with van der Waals surface area (Å²) in [7, 11) is 0. The van der Waals surface area contributed by atoms with Crippen LogP contribution in [0.25, 0.3) is 0 Å². The van der Waals surface area contributed by atoms with Crippen LogP contribution in [0.15, 0.2) is 17.5 Å². The molecule has 1 aromatic rings. The van der Waals surface area contributed by atoms with Crippen molar-refractivity contribution in [2.24, 2.45) is 11.7 Å². The van der Waals surface area contributed by atoms with Gasteiger partial charge in [-0.2, -0.15) is 0 Å². The Labute approximate surface area is 84.0 Å². The van der Waals surface area contributed by atoms with Crippen molar-refractivity contribution in [2.75, 3.05) is 0 Å². The molecular formula is C11H17NS. The van der Waals surface area contributed by atoms with Crippen LogP contribution < -0.4 is 5.73 Å². The van der Waals surface area contributed by atoms with E-state index in [1.165, 1.54) is 37.0 Å². The van der Waals surface area contributed by atoms with E-state index in [1.807, 2.05) is 0 Å². The maximum absolute atomic E-state index is 6.22. The van der Waals surface area contributed by atoms with Crippen LogP contribution in [0, 0.1) is 5.92 Å². The van der Waals surface area contributed by atoms with Gasteiger partial charge in [-0.1, -0.05) is 25.3 Å². The van der Waals surface area contributed by atoms with Gasteiger partial charge in [-0.3, -0.25) is 0 Å². The van der Waals surface area contributed by atoms with Crippen LogP contribution in [-0.4, -0.2) is 0 Å². The molecule has 2 rings (SSSR count). The van der Waals surface area contributed by atoms with Crippen LogP contribution in [0.1, 0.15) is 43.0 Å². The Balaban J connectivity index is 1.99. The van der Waals surface area contributed by atoms with Gasteiger partial charge in [0.15, 0.2) is 0 Å². The summed E-state index contributed by atoms with van der Waals surface area (Å²) in [6, 6.07) is 4.58. The first-order valence-corrected chi connectivity index (χ1v) is 6.05. The summed E-state index contributed by atoms with van der Waals surface area (Å²) in [6.45, 7) is 0. The van der Waals surface area contributed by atoms with E-state index in [9.17, 15) is 0 Å². The van der Waals surface area contributed by atoms with Crippen LogP contribution in [-0.2, 0) is 0 Å². The summed E-state index contributed by atoms with van der Waals surface area (Å²) >= 11 is 1.80. The zero-order valence-corrected chi connectivity index (χ0v) is 8.72. The Morgan fingerprint density at radius 2 is 2.08 bits per heavy atom. The zero-order valence-electron chi connectivity index (χ0n) is 7.91. The van der Waals surface area contributed by atoms with Crippen molar-refractivity contribution in [1.82, 2.24) is 0 Å². The number of hydrogen-bond acceptors (Lipinski definition) is 2. The average molecular weight is 195 g/mol. The molecule has 0 bridgehead atoms. The third kappa shape index (κ3) is 2.12. The van der Waals surface area contributed by atoms with Crippen LogP contribution >= 0.6 is 11.3 Å². The molecule has 0 amide bonds. The highest BCUT2D eigenvalue weighted by Gasteiger charge is 2.21. The quantitative estimate of drug-likeness (QED) is 0.769. The molecule has 1 aliphatic rings. The fourth-order valence-electron chi connectivity index (χ4n) is 2.21. The maximum atomic E-state index is 6.22. The topological polar surface area (TPSA) is 26.0 Å². The number of rotatable bonds is 2. The molecule has 1 saturated carbocycles. The minimum atomic E-state index is 0.306. The van der Waals surface area contributed by atoms with Crippen molar-refractivity contribution in [3.05, 3.63) is 22.4 Å². The van der Waals surface area contributed by atoms with E-state index in [-0.39, 0.29) is 0 Å². The first-order chi connectivity index (χ1) is 6.38. The fourth-order valence-corrected chi connectivity index (χ4v) is 3.03. The summed E-state index contributed by atoms with van der Waals surface area (Å²) in [4.78, 5) is 1.37. The summed E-state index contributed by atoms with van der Waals surface area (Å²) in [5, 5.41) is 2.12. The summed E-state index contributed by atoms with van der Waals surface area (Å²) in [5.74, 6) is 0.743. The summed E-state index contributed by atoms with van der Waals surface area (Å²) < 4.78 is 0. The van der Waals surface area contributed by atoms with E-state index in [4.69, 9.17) is 5.73 Å². The van der Waals surface area contributed by atoms with Crippen molar-refractivity contribution < 1.29 is 0 Å². The second kappa shape index (κ2) is 4.25. The fraction of sp³-hybridized carbons (Fsp3) is 0.636. The van der Waals surface area contributed by atoms with Crippen LogP contribution in [0.4, 0.5) is 0 Å². The highest BCUT2D eigenvalue weighted by molar-refractivity contribution is 7.10. The van der Waals surface area contributed by atoms with Gasteiger partial charge in [0.05, 0.1) is 0 Å². The lowest BCUT2D eigenvalue weighted by Gasteiger charge is -2.26. The molecule has 1 fully saturated rings. The molecule has 13 heavy (non-hydrogen) atoms. The van der Waals surface area contributed by atoms with Crippen LogP contribution in [0.2, 0.25) is 0 Å². The minimum Gasteiger partial charge on any atom is -0.323 e. The van der Waals surface area contributed by atoms with Gasteiger partial charge in [0, 0.05) is 10.9 Å². The largest absolute Gasteiger partial charge is 0.323 e. The lowest BCUT2D eigenvalue weighted by molar-refractivity contribution is 0.311. The molecule has 72 valence electrons. The lowest BCUT2D eigenvalue weighted by atomic mass is 9.84. The van der Waals surface area contributed by atoms with Crippen molar-refractivity contribution in [1.29, 1.82) is 0 Å². The first kappa shape index (κ1) is 9.22. The third-order valence-corrected chi connectivity index (χ3v) is 4.00. The normalized spacial score (nSPS) is 21.6. The predicted octanol–water partition coefficient (Wildman–Crippen LogP) is 3.33. The first-order valence-electron chi connectivity index (χ1n) is 5.17. The van der Waals surface area contributed by atoms with Gasteiger partial charge in [0.25, 0.3) is 0 Å². The van der Waals surface area contributed by atoms with E-state index < -0.39 is 0 Å². The predicted molar refractivity (Wildman–Crippen MR) is 57.8 cm³/mol. The van der Waals surface area contributed by atoms with Crippen LogP contribution in [0.3, 0.4) is 0 Å². The Kier molecular flexibility index (Phi) is 3.01. The molecule has 1 nitrogen and oxygen atoms in total. The molecule has 2 N–H and O–H groups in total. The molecular weight excluding hydrogens is 178 g/mol. The Morgan fingerprint density at radius 3 is 2.69 bits per heavy atom. The SMILES string of the molecule is N[C@H](c1cccs1)C1CCCCC1. The maximum Gasteiger partial charge on any atom is 0.0418 e. The number of thiophene rings is 1. The van der Waals surface area contributed by atoms with E-state index in [0.29, 0.717) is 6.04 Å². The van der Waals surface area contributed by atoms with Gasteiger partial charge >= 0.3 is 0 Å². The summed E-state index contributed by atoms with van der Waals surface area (Å²) in [5.41, 5.74) is 6.22. The van der Waals surface area contributed by atoms with Crippen molar-refractivity contribution in [3.8, 4) is 0 Å². The van der Waals surface area contributed by atoms with E-state index >= 15 is 0 Å². The second-order valence-corrected chi connectivity index (χ2v) is 4.92. The number of nitrogens with two attached hydrogens (primary N) is 1. The standard InChI is InChI=1S/C11H17NS/c12-11(10-7-4-8-13-10)9-5-2-1-3-6-9/h4,7-9,11H,1-3,5-6,12H2/t11-/m0/s1. The molecule has 1 aliphatic carbocycles. The molecule has 1 atom stereocenters. The van der Waals surface area contributed by atoms with Crippen molar-refractivity contribution in [2.45, 2.75) is 38.1 Å². The smallest absolute Gasteiger partial charge is 0.0418 e. The van der Waals surface area contributed by atoms with Crippen molar-refractivity contribution in [3.63, 3.8) is 0 Å². The molecule has 2 heteroatoms. The molecule has 0 aromatic carbocycles. The van der Waals surface area contributed by atoms with Gasteiger partial charge in [-0.25, -0.2) is 0 Å². The average Bonchev–Trinajstić information content (AvgIpc) is 2.71. The van der Waals surface area contributed by atoms with Gasteiger partial charge in [-0.15, -0.1) is 11.3 Å². The molecule has 0 aliphatic heterocycles. The van der Waals surface area contributed by atoms with Gasteiger partial charge < -0.3 is 5.73 Å². The molecule has 0 unspecified atom stereocenters. The van der Waals surface area contributed by atoms with Gasteiger partial charge in [-0.05, 0) is 30.2 Å². The highest BCUT2D eigenvalue weighted by Crippen LogP contribution is 2.34. The molecule has 1 aromatic heterocycles. The third-order valence-electron chi connectivity index (χ3n) is 3.03. The monoisotopic (exact) mass is 195 g/mol. The van der Waals surface area contributed by atoms with Crippen molar-refractivity contribution >= 4 is 11.3 Å². The molecule has 0 saturated heterocycles. The second-order valence-electron chi connectivity index (χ2n) is 3.94. The Bertz CT molecular complexity index is 237. The number of hydrogen-bond donors (Lipinski definition) is 1. The Hall–Kier alpha value is -0.340. The lowest BCUT2D eigenvalue weighted by Crippen LogP contribution is -2.22. The van der Waals surface area contributed by atoms with Gasteiger partial charge in [0.1, 0.15) is 0 Å². The minimum absolute atomic E-state index is 0.306. The van der Waals surface area contributed by atoms with E-state index in [1.54, 1.807) is 11.3 Å². The summed E-state index contributed by atoms with van der Waals surface area (Å²) in [6.07, 6.45) is 6.83.